The summed E-state index contributed by atoms with van der Waals surface area (Å²) in [6.45, 7) is -2.16. The number of fused-ring (bicyclic) bond motifs is 3. The fourth-order valence-electron chi connectivity index (χ4n) is 4.18. The molecular formula is C23H22F2N4OS2. The van der Waals surface area contributed by atoms with Crippen LogP contribution in [0.1, 0.15) is 41.2 Å². The fraction of sp³-hybridized carbons (Fsp3) is 0.348. The van der Waals surface area contributed by atoms with Crippen LogP contribution in [0.15, 0.2) is 52.7 Å². The molecule has 1 aliphatic carbocycles. The summed E-state index contributed by atoms with van der Waals surface area (Å²) >= 11 is 2.89. The smallest absolute Gasteiger partial charge is 0.287 e. The van der Waals surface area contributed by atoms with E-state index in [2.05, 4.69) is 4.98 Å². The van der Waals surface area contributed by atoms with E-state index in [1.54, 1.807) is 15.9 Å². The second-order valence-electron chi connectivity index (χ2n) is 7.79. The average Bonchev–Trinajstić information content (AvgIpc) is 3.42. The van der Waals surface area contributed by atoms with Crippen molar-refractivity contribution in [3.05, 3.63) is 74.9 Å². The van der Waals surface area contributed by atoms with E-state index < -0.39 is 6.55 Å². The second-order valence-corrected chi connectivity index (χ2v) is 9.82. The Hall–Kier alpha value is -2.52. The Morgan fingerprint density at radius 3 is 2.78 bits per heavy atom. The molecule has 32 heavy (non-hydrogen) atoms. The van der Waals surface area contributed by atoms with Crippen LogP contribution >= 0.6 is 23.1 Å². The highest BCUT2D eigenvalue weighted by molar-refractivity contribution is 7.98. The normalized spacial score (nSPS) is 13.7. The summed E-state index contributed by atoms with van der Waals surface area (Å²) in [5.41, 5.74) is 2.27. The Kier molecular flexibility index (Phi) is 6.10. The summed E-state index contributed by atoms with van der Waals surface area (Å²) in [6.07, 6.45) is 7.48. The molecule has 0 aliphatic heterocycles. The molecule has 0 saturated carbocycles. The van der Waals surface area contributed by atoms with Crippen molar-refractivity contribution in [3.8, 4) is 0 Å². The maximum absolute atomic E-state index is 13.6. The third-order valence-electron chi connectivity index (χ3n) is 5.80. The molecule has 0 radical (unpaired) electrons. The number of benzene rings is 1. The molecule has 166 valence electrons. The molecule has 5 rings (SSSR count). The van der Waals surface area contributed by atoms with E-state index in [1.807, 2.05) is 30.3 Å². The van der Waals surface area contributed by atoms with Crippen molar-refractivity contribution >= 4 is 33.3 Å². The summed E-state index contributed by atoms with van der Waals surface area (Å²) in [7, 11) is 0. The van der Waals surface area contributed by atoms with Crippen molar-refractivity contribution in [3.63, 3.8) is 0 Å². The highest BCUT2D eigenvalue weighted by Gasteiger charge is 2.23. The van der Waals surface area contributed by atoms with Crippen LogP contribution < -0.4 is 5.56 Å². The first-order valence-corrected chi connectivity index (χ1v) is 12.4. The van der Waals surface area contributed by atoms with Crippen LogP contribution in [-0.2, 0) is 31.6 Å². The lowest BCUT2D eigenvalue weighted by molar-refractivity contribution is 0.0678. The van der Waals surface area contributed by atoms with Gasteiger partial charge in [0.25, 0.3) is 5.56 Å². The van der Waals surface area contributed by atoms with Crippen molar-refractivity contribution in [1.82, 2.24) is 19.1 Å². The predicted octanol–water partition coefficient (Wildman–Crippen LogP) is 5.46. The first-order chi connectivity index (χ1) is 15.6. The molecule has 0 spiro atoms. The molecule has 0 saturated heterocycles. The predicted molar refractivity (Wildman–Crippen MR) is 124 cm³/mol. The van der Waals surface area contributed by atoms with Gasteiger partial charge in [0, 0.05) is 23.8 Å². The molecule has 0 N–H and O–H groups in total. The van der Waals surface area contributed by atoms with Crippen molar-refractivity contribution in [1.29, 1.82) is 0 Å². The number of hydrogen-bond acceptors (Lipinski definition) is 5. The Labute approximate surface area is 192 Å². The van der Waals surface area contributed by atoms with Crippen LogP contribution in [0.3, 0.4) is 0 Å². The Balaban J connectivity index is 1.53. The maximum atomic E-state index is 13.6. The zero-order chi connectivity index (χ0) is 22.1. The van der Waals surface area contributed by atoms with E-state index in [0.717, 1.165) is 51.6 Å². The van der Waals surface area contributed by atoms with Gasteiger partial charge in [0.1, 0.15) is 10.7 Å². The van der Waals surface area contributed by atoms with Gasteiger partial charge in [-0.3, -0.25) is 13.9 Å². The Morgan fingerprint density at radius 2 is 1.97 bits per heavy atom. The zero-order valence-corrected chi connectivity index (χ0v) is 19.0. The lowest BCUT2D eigenvalue weighted by atomic mass is 9.97. The van der Waals surface area contributed by atoms with Crippen LogP contribution in [0.4, 0.5) is 8.78 Å². The van der Waals surface area contributed by atoms with Gasteiger partial charge in [-0.05, 0) is 43.2 Å². The molecule has 5 nitrogen and oxygen atoms in total. The molecular weight excluding hydrogens is 450 g/mol. The summed E-state index contributed by atoms with van der Waals surface area (Å²) in [4.78, 5) is 24.6. The van der Waals surface area contributed by atoms with Crippen molar-refractivity contribution in [2.75, 3.05) is 0 Å². The highest BCUT2D eigenvalue weighted by Crippen LogP contribution is 2.35. The lowest BCUT2D eigenvalue weighted by Crippen LogP contribution is -2.25. The summed E-state index contributed by atoms with van der Waals surface area (Å²) in [5.74, 6) is 0.477. The molecule has 9 heteroatoms. The van der Waals surface area contributed by atoms with Gasteiger partial charge in [-0.1, -0.05) is 42.1 Å². The SMILES string of the molecule is O=c1c2c3c(sc2nc(SCc2nccn2C(F)F)n1CCc1ccccc1)CCCC3. The highest BCUT2D eigenvalue weighted by atomic mass is 32.2. The van der Waals surface area contributed by atoms with Gasteiger partial charge in [-0.25, -0.2) is 9.97 Å². The lowest BCUT2D eigenvalue weighted by Gasteiger charge is -2.14. The average molecular weight is 473 g/mol. The van der Waals surface area contributed by atoms with Crippen LogP contribution in [0.5, 0.6) is 0 Å². The van der Waals surface area contributed by atoms with E-state index in [-0.39, 0.29) is 17.1 Å². The molecule has 1 aromatic carbocycles. The number of aromatic nitrogens is 4. The van der Waals surface area contributed by atoms with Gasteiger partial charge in [-0.15, -0.1) is 11.3 Å². The third-order valence-corrected chi connectivity index (χ3v) is 7.95. The van der Waals surface area contributed by atoms with Crippen molar-refractivity contribution < 1.29 is 8.78 Å². The minimum absolute atomic E-state index is 0.0231. The first-order valence-electron chi connectivity index (χ1n) is 10.6. The number of thiophene rings is 1. The quantitative estimate of drug-likeness (QED) is 0.265. The van der Waals surface area contributed by atoms with E-state index in [9.17, 15) is 13.6 Å². The summed E-state index contributed by atoms with van der Waals surface area (Å²) < 4.78 is 29.0. The number of aryl methyl sites for hydroxylation is 3. The molecule has 0 bridgehead atoms. The van der Waals surface area contributed by atoms with Crippen LogP contribution in [-0.4, -0.2) is 19.1 Å². The summed E-state index contributed by atoms with van der Waals surface area (Å²) in [5, 5.41) is 1.30. The van der Waals surface area contributed by atoms with Crippen LogP contribution in [0, 0.1) is 0 Å². The minimum Gasteiger partial charge on any atom is -0.287 e. The molecule has 0 fully saturated rings. The second kappa shape index (κ2) is 9.15. The van der Waals surface area contributed by atoms with Gasteiger partial charge < -0.3 is 0 Å². The topological polar surface area (TPSA) is 52.7 Å². The number of imidazole rings is 1. The van der Waals surface area contributed by atoms with E-state index in [1.165, 1.54) is 29.0 Å². The molecule has 4 aromatic rings. The maximum Gasteiger partial charge on any atom is 0.319 e. The van der Waals surface area contributed by atoms with Gasteiger partial charge in [0.05, 0.1) is 11.1 Å². The van der Waals surface area contributed by atoms with Gasteiger partial charge in [-0.2, -0.15) is 8.78 Å². The molecule has 3 heterocycles. The monoisotopic (exact) mass is 472 g/mol. The Morgan fingerprint density at radius 1 is 1.16 bits per heavy atom. The van der Waals surface area contributed by atoms with E-state index in [0.29, 0.717) is 18.1 Å². The number of hydrogen-bond donors (Lipinski definition) is 0. The number of thioether (sulfide) groups is 1. The third kappa shape index (κ3) is 4.11. The Bertz CT molecular complexity index is 1300. The number of halogens is 2. The largest absolute Gasteiger partial charge is 0.319 e. The number of rotatable bonds is 7. The van der Waals surface area contributed by atoms with Crippen molar-refractivity contribution in [2.45, 2.75) is 56.1 Å². The van der Waals surface area contributed by atoms with E-state index >= 15 is 0 Å². The molecule has 0 amide bonds. The van der Waals surface area contributed by atoms with Gasteiger partial charge in [0.2, 0.25) is 0 Å². The molecule has 0 unspecified atom stereocenters. The summed E-state index contributed by atoms with van der Waals surface area (Å²) in [6, 6.07) is 10.0. The fourth-order valence-corrected chi connectivity index (χ4v) is 6.45. The standard InChI is InChI=1S/C23H22F2N4OS2/c24-22(25)28-13-11-26-18(28)14-31-23-27-20-19(16-8-4-5-9-17(16)32-20)21(30)29(23)12-10-15-6-2-1-3-7-15/h1-3,6-7,11,13,22H,4-5,8-10,12,14H2. The number of alkyl halides is 2. The first kappa shape index (κ1) is 21.3. The van der Waals surface area contributed by atoms with E-state index in [4.69, 9.17) is 4.98 Å². The van der Waals surface area contributed by atoms with Crippen LogP contribution in [0.2, 0.25) is 0 Å². The zero-order valence-electron chi connectivity index (χ0n) is 17.3. The van der Waals surface area contributed by atoms with Gasteiger partial charge >= 0.3 is 6.55 Å². The molecule has 1 aliphatic rings. The molecule has 0 atom stereocenters. The minimum atomic E-state index is -2.65. The van der Waals surface area contributed by atoms with Crippen molar-refractivity contribution in [2.24, 2.45) is 0 Å². The van der Waals surface area contributed by atoms with Crippen LogP contribution in [0.25, 0.3) is 10.2 Å². The molecule has 3 aromatic heterocycles. The van der Waals surface area contributed by atoms with Gasteiger partial charge in [0.15, 0.2) is 5.16 Å². The number of nitrogens with zero attached hydrogens (tertiary/aromatic N) is 4.